The molecule has 29 heavy (non-hydrogen) atoms. The van der Waals surface area contributed by atoms with E-state index in [1.54, 1.807) is 54.6 Å². The second-order valence-corrected chi connectivity index (χ2v) is 8.91. The Bertz CT molecular complexity index is 1080. The smallest absolute Gasteiger partial charge is 0.264 e. The number of nitrogens with one attached hydrogen (secondary N) is 1. The molecular weight excluding hydrogens is 384 g/mol. The molecule has 0 aromatic heterocycles. The summed E-state index contributed by atoms with van der Waals surface area (Å²) >= 11 is 0. The average molecular weight is 409 g/mol. The second kappa shape index (κ2) is 8.49. The number of rotatable bonds is 6. The first-order chi connectivity index (χ1) is 13.8. The zero-order chi connectivity index (χ0) is 21.0. The van der Waals surface area contributed by atoms with Crippen molar-refractivity contribution in [3.05, 3.63) is 95.6 Å². The highest BCUT2D eigenvalue weighted by molar-refractivity contribution is 7.92. The van der Waals surface area contributed by atoms with Crippen molar-refractivity contribution in [2.75, 3.05) is 11.4 Å². The van der Waals surface area contributed by atoms with Gasteiger partial charge in [-0.15, -0.1) is 0 Å². The van der Waals surface area contributed by atoms with Gasteiger partial charge in [0.2, 0.25) is 0 Å². The highest BCUT2D eigenvalue weighted by Gasteiger charge is 2.21. The van der Waals surface area contributed by atoms with Crippen molar-refractivity contribution in [1.29, 1.82) is 0 Å². The number of benzene rings is 3. The van der Waals surface area contributed by atoms with Gasteiger partial charge in [-0.1, -0.05) is 48.0 Å². The highest BCUT2D eigenvalue weighted by Crippen LogP contribution is 2.22. The lowest BCUT2D eigenvalue weighted by atomic mass is 10.1. The van der Waals surface area contributed by atoms with Crippen LogP contribution in [-0.2, 0) is 10.0 Å². The predicted molar refractivity (Wildman–Crippen MR) is 116 cm³/mol. The molecule has 1 amide bonds. The zero-order valence-corrected chi connectivity index (χ0v) is 17.5. The van der Waals surface area contributed by atoms with Gasteiger partial charge >= 0.3 is 0 Å². The van der Waals surface area contributed by atoms with E-state index < -0.39 is 10.0 Å². The molecule has 1 N–H and O–H groups in total. The van der Waals surface area contributed by atoms with Gasteiger partial charge in [0.05, 0.1) is 16.6 Å². The van der Waals surface area contributed by atoms with Crippen LogP contribution in [-0.4, -0.2) is 21.4 Å². The summed E-state index contributed by atoms with van der Waals surface area (Å²) in [6.45, 7) is 3.95. The van der Waals surface area contributed by atoms with E-state index in [1.807, 2.05) is 38.1 Å². The van der Waals surface area contributed by atoms with Crippen molar-refractivity contribution < 1.29 is 13.2 Å². The fraction of sp³-hybridized carbons (Fsp3) is 0.174. The molecule has 3 aromatic carbocycles. The fourth-order valence-electron chi connectivity index (χ4n) is 2.93. The predicted octanol–water partition coefficient (Wildman–Crippen LogP) is 4.31. The molecule has 0 radical (unpaired) electrons. The third-order valence-corrected chi connectivity index (χ3v) is 6.62. The van der Waals surface area contributed by atoms with Crippen molar-refractivity contribution >= 4 is 21.6 Å². The fourth-order valence-corrected chi connectivity index (χ4v) is 4.15. The summed E-state index contributed by atoms with van der Waals surface area (Å²) in [4.78, 5) is 12.8. The molecule has 0 unspecified atom stereocenters. The Morgan fingerprint density at radius 3 is 2.07 bits per heavy atom. The van der Waals surface area contributed by atoms with E-state index in [-0.39, 0.29) is 16.8 Å². The van der Waals surface area contributed by atoms with Gasteiger partial charge in [-0.05, 0) is 55.8 Å². The van der Waals surface area contributed by atoms with Gasteiger partial charge in [0.1, 0.15) is 0 Å². The summed E-state index contributed by atoms with van der Waals surface area (Å²) in [5.41, 5.74) is 3.14. The van der Waals surface area contributed by atoms with Gasteiger partial charge < -0.3 is 5.32 Å². The van der Waals surface area contributed by atoms with Crippen LogP contribution in [0.15, 0.2) is 83.8 Å². The number of aryl methyl sites for hydroxylation is 1. The Morgan fingerprint density at radius 2 is 1.48 bits per heavy atom. The Morgan fingerprint density at radius 1 is 0.897 bits per heavy atom. The molecule has 0 aliphatic rings. The van der Waals surface area contributed by atoms with E-state index in [0.29, 0.717) is 11.3 Å². The summed E-state index contributed by atoms with van der Waals surface area (Å²) in [5, 5.41) is 2.97. The monoisotopic (exact) mass is 408 g/mol. The molecule has 5 nitrogen and oxygen atoms in total. The Hall–Kier alpha value is -3.12. The number of amides is 1. The first kappa shape index (κ1) is 20.6. The number of nitrogens with zero attached hydrogens (tertiary/aromatic N) is 1. The normalized spacial score (nSPS) is 12.2. The zero-order valence-electron chi connectivity index (χ0n) is 16.7. The molecule has 6 heteroatoms. The summed E-state index contributed by atoms with van der Waals surface area (Å²) in [6.07, 6.45) is 0. The minimum atomic E-state index is -3.65. The van der Waals surface area contributed by atoms with Crippen molar-refractivity contribution in [3.63, 3.8) is 0 Å². The standard InChI is InChI=1S/C23H24N2O3S/c1-17-9-11-19(12-10-17)18(2)24-23(26)20-13-15-21(16-14-20)25(3)29(27,28)22-7-5-4-6-8-22/h4-16,18H,1-3H3,(H,24,26)/t18-/m0/s1. The molecule has 0 fully saturated rings. The number of carbonyl (C=O) groups excluding carboxylic acids is 1. The van der Waals surface area contributed by atoms with Crippen molar-refractivity contribution in [2.45, 2.75) is 24.8 Å². The van der Waals surface area contributed by atoms with E-state index in [4.69, 9.17) is 0 Å². The van der Waals surface area contributed by atoms with Crippen LogP contribution in [0.3, 0.4) is 0 Å². The van der Waals surface area contributed by atoms with Crippen molar-refractivity contribution in [3.8, 4) is 0 Å². The van der Waals surface area contributed by atoms with Gasteiger partial charge in [-0.2, -0.15) is 0 Å². The maximum absolute atomic E-state index is 12.7. The molecule has 0 saturated carbocycles. The van der Waals surface area contributed by atoms with Crippen LogP contribution in [0.25, 0.3) is 0 Å². The van der Waals surface area contributed by atoms with Gasteiger partial charge in [0, 0.05) is 12.6 Å². The van der Waals surface area contributed by atoms with Crippen LogP contribution < -0.4 is 9.62 Å². The highest BCUT2D eigenvalue weighted by atomic mass is 32.2. The summed E-state index contributed by atoms with van der Waals surface area (Å²) in [5.74, 6) is -0.210. The van der Waals surface area contributed by atoms with Gasteiger partial charge in [0.15, 0.2) is 0 Å². The molecule has 0 heterocycles. The number of hydrogen-bond donors (Lipinski definition) is 1. The van der Waals surface area contributed by atoms with E-state index >= 15 is 0 Å². The number of anilines is 1. The molecule has 0 aliphatic heterocycles. The number of sulfonamides is 1. The molecule has 0 saturated heterocycles. The molecule has 150 valence electrons. The summed E-state index contributed by atoms with van der Waals surface area (Å²) in [7, 11) is -2.15. The lowest BCUT2D eigenvalue weighted by Gasteiger charge is -2.20. The first-order valence-corrected chi connectivity index (χ1v) is 10.7. The minimum Gasteiger partial charge on any atom is -0.346 e. The lowest BCUT2D eigenvalue weighted by Crippen LogP contribution is -2.28. The molecule has 0 bridgehead atoms. The van der Waals surface area contributed by atoms with E-state index in [1.165, 1.54) is 11.4 Å². The van der Waals surface area contributed by atoms with Crippen LogP contribution in [0.1, 0.15) is 34.5 Å². The molecule has 1 atom stereocenters. The Balaban J connectivity index is 1.72. The maximum atomic E-state index is 12.7. The first-order valence-electron chi connectivity index (χ1n) is 9.30. The van der Waals surface area contributed by atoms with Crippen LogP contribution >= 0.6 is 0 Å². The number of hydrogen-bond acceptors (Lipinski definition) is 3. The van der Waals surface area contributed by atoms with Gasteiger partial charge in [0.25, 0.3) is 15.9 Å². The largest absolute Gasteiger partial charge is 0.346 e. The van der Waals surface area contributed by atoms with Gasteiger partial charge in [-0.25, -0.2) is 8.42 Å². The van der Waals surface area contributed by atoms with Crippen LogP contribution in [0.2, 0.25) is 0 Å². The van der Waals surface area contributed by atoms with Gasteiger partial charge in [-0.3, -0.25) is 9.10 Å². The van der Waals surface area contributed by atoms with E-state index in [2.05, 4.69) is 5.32 Å². The Kier molecular flexibility index (Phi) is 6.03. The molecule has 3 aromatic rings. The number of carbonyl (C=O) groups is 1. The van der Waals surface area contributed by atoms with Crippen LogP contribution in [0.5, 0.6) is 0 Å². The molecule has 3 rings (SSSR count). The van der Waals surface area contributed by atoms with E-state index in [9.17, 15) is 13.2 Å². The minimum absolute atomic E-state index is 0.135. The SMILES string of the molecule is Cc1ccc([C@H](C)NC(=O)c2ccc(N(C)S(=O)(=O)c3ccccc3)cc2)cc1. The Labute approximate surface area is 172 Å². The van der Waals surface area contributed by atoms with E-state index in [0.717, 1.165) is 11.1 Å². The lowest BCUT2D eigenvalue weighted by molar-refractivity contribution is 0.0940. The quantitative estimate of drug-likeness (QED) is 0.661. The summed E-state index contributed by atoms with van der Waals surface area (Å²) < 4.78 is 26.7. The molecular formula is C23H24N2O3S. The molecule has 0 spiro atoms. The maximum Gasteiger partial charge on any atom is 0.264 e. The van der Waals surface area contributed by atoms with Crippen LogP contribution in [0, 0.1) is 6.92 Å². The topological polar surface area (TPSA) is 66.5 Å². The van der Waals surface area contributed by atoms with Crippen molar-refractivity contribution in [1.82, 2.24) is 5.32 Å². The average Bonchev–Trinajstić information content (AvgIpc) is 2.74. The summed E-state index contributed by atoms with van der Waals surface area (Å²) in [6, 6.07) is 22.6. The third-order valence-electron chi connectivity index (χ3n) is 4.82. The molecule has 0 aliphatic carbocycles. The van der Waals surface area contributed by atoms with Crippen molar-refractivity contribution in [2.24, 2.45) is 0 Å². The third kappa shape index (κ3) is 4.66. The van der Waals surface area contributed by atoms with Crippen LogP contribution in [0.4, 0.5) is 5.69 Å². The second-order valence-electron chi connectivity index (χ2n) is 6.94.